The molecule has 2 unspecified atom stereocenters. The quantitative estimate of drug-likeness (QED) is 0.874. The average molecular weight is 261 g/mol. The third-order valence-corrected chi connectivity index (χ3v) is 4.55. The van der Waals surface area contributed by atoms with Gasteiger partial charge in [-0.1, -0.05) is 0 Å². The minimum atomic E-state index is 0.681. The van der Waals surface area contributed by atoms with Crippen LogP contribution < -0.4 is 10.2 Å². The van der Waals surface area contributed by atoms with Crippen LogP contribution in [0.5, 0.6) is 0 Å². The Morgan fingerprint density at radius 1 is 1.21 bits per heavy atom. The van der Waals surface area contributed by atoms with Gasteiger partial charge in [0.15, 0.2) is 0 Å². The highest BCUT2D eigenvalue weighted by molar-refractivity contribution is 5.49. The highest BCUT2D eigenvalue weighted by Crippen LogP contribution is 2.30. The number of anilines is 2. The van der Waals surface area contributed by atoms with Crippen LogP contribution in [0, 0.1) is 6.92 Å². The van der Waals surface area contributed by atoms with E-state index in [0.717, 1.165) is 36.6 Å². The summed E-state index contributed by atoms with van der Waals surface area (Å²) in [7, 11) is 4.18. The summed E-state index contributed by atoms with van der Waals surface area (Å²) >= 11 is 0. The molecule has 0 radical (unpaired) electrons. The van der Waals surface area contributed by atoms with E-state index in [1.165, 1.54) is 19.3 Å². The standard InChI is InChI=1S/C14H23N5/c1-10-16-13(15-2)8-14(17-10)19-7-6-11-4-5-12(9-19)18(11)3/h8,11-12H,4-7,9H2,1-3H3,(H,15,16,17). The number of aryl methyl sites for hydroxylation is 1. The van der Waals surface area contributed by atoms with Crippen molar-refractivity contribution in [3.8, 4) is 0 Å². The molecule has 5 heteroatoms. The summed E-state index contributed by atoms with van der Waals surface area (Å²) in [5.41, 5.74) is 0. The number of hydrogen-bond acceptors (Lipinski definition) is 5. The van der Waals surface area contributed by atoms with Gasteiger partial charge in [0.05, 0.1) is 0 Å². The molecular formula is C14H23N5. The Kier molecular flexibility index (Phi) is 3.31. The van der Waals surface area contributed by atoms with Gasteiger partial charge in [0.25, 0.3) is 0 Å². The molecule has 0 spiro atoms. The van der Waals surface area contributed by atoms with Crippen molar-refractivity contribution < 1.29 is 0 Å². The largest absolute Gasteiger partial charge is 0.373 e. The van der Waals surface area contributed by atoms with Crippen LogP contribution in [-0.2, 0) is 0 Å². The van der Waals surface area contributed by atoms with Crippen LogP contribution in [0.15, 0.2) is 6.07 Å². The lowest BCUT2D eigenvalue weighted by Gasteiger charge is -2.27. The topological polar surface area (TPSA) is 44.3 Å². The highest BCUT2D eigenvalue weighted by Gasteiger charge is 2.35. The molecule has 0 aromatic carbocycles. The first-order valence-electron chi connectivity index (χ1n) is 7.17. The van der Waals surface area contributed by atoms with Gasteiger partial charge in [0.2, 0.25) is 0 Å². The smallest absolute Gasteiger partial charge is 0.134 e. The number of rotatable bonds is 2. The Morgan fingerprint density at radius 2 is 2.00 bits per heavy atom. The van der Waals surface area contributed by atoms with E-state index in [0.29, 0.717) is 6.04 Å². The summed E-state index contributed by atoms with van der Waals surface area (Å²) in [5, 5.41) is 3.12. The fourth-order valence-corrected chi connectivity index (χ4v) is 3.36. The minimum absolute atomic E-state index is 0.681. The summed E-state index contributed by atoms with van der Waals surface area (Å²) in [6.45, 7) is 4.15. The maximum absolute atomic E-state index is 4.61. The Labute approximate surface area is 115 Å². The first-order chi connectivity index (χ1) is 9.17. The zero-order valence-electron chi connectivity index (χ0n) is 12.1. The van der Waals surface area contributed by atoms with Crippen molar-refractivity contribution in [2.24, 2.45) is 0 Å². The molecule has 2 saturated heterocycles. The van der Waals surface area contributed by atoms with Gasteiger partial charge in [-0.3, -0.25) is 4.90 Å². The molecule has 1 aromatic heterocycles. The van der Waals surface area contributed by atoms with E-state index in [-0.39, 0.29) is 0 Å². The first kappa shape index (κ1) is 12.7. The predicted molar refractivity (Wildman–Crippen MR) is 77.7 cm³/mol. The van der Waals surface area contributed by atoms with Gasteiger partial charge in [0, 0.05) is 38.3 Å². The second-order valence-corrected chi connectivity index (χ2v) is 5.69. The third kappa shape index (κ3) is 2.39. The van der Waals surface area contributed by atoms with Gasteiger partial charge in [-0.05, 0) is 33.2 Å². The molecule has 2 aliphatic rings. The van der Waals surface area contributed by atoms with Crippen molar-refractivity contribution in [1.82, 2.24) is 14.9 Å². The number of hydrogen-bond donors (Lipinski definition) is 1. The number of aromatic nitrogens is 2. The number of nitrogens with one attached hydrogen (secondary N) is 1. The molecule has 2 aliphatic heterocycles. The lowest BCUT2D eigenvalue weighted by atomic mass is 10.1. The van der Waals surface area contributed by atoms with Crippen LogP contribution in [0.3, 0.4) is 0 Å². The van der Waals surface area contributed by atoms with E-state index in [1.807, 2.05) is 14.0 Å². The summed E-state index contributed by atoms with van der Waals surface area (Å²) < 4.78 is 0. The SMILES string of the molecule is CNc1cc(N2CCC3CCC(C2)N3C)nc(C)n1. The molecule has 104 valence electrons. The maximum Gasteiger partial charge on any atom is 0.134 e. The van der Waals surface area contributed by atoms with Crippen LogP contribution in [0.25, 0.3) is 0 Å². The molecular weight excluding hydrogens is 238 g/mol. The van der Waals surface area contributed by atoms with Gasteiger partial charge in [-0.15, -0.1) is 0 Å². The van der Waals surface area contributed by atoms with E-state index in [9.17, 15) is 0 Å². The normalized spacial score (nSPS) is 27.4. The summed E-state index contributed by atoms with van der Waals surface area (Å²) in [6.07, 6.45) is 3.92. The zero-order chi connectivity index (χ0) is 13.4. The number of fused-ring (bicyclic) bond motifs is 2. The maximum atomic E-state index is 4.61. The van der Waals surface area contributed by atoms with Gasteiger partial charge in [-0.2, -0.15) is 0 Å². The molecule has 3 rings (SSSR count). The fraction of sp³-hybridized carbons (Fsp3) is 0.714. The van der Waals surface area contributed by atoms with Crippen molar-refractivity contribution in [2.45, 2.75) is 38.3 Å². The minimum Gasteiger partial charge on any atom is -0.373 e. The van der Waals surface area contributed by atoms with Gasteiger partial charge < -0.3 is 10.2 Å². The lowest BCUT2D eigenvalue weighted by molar-refractivity contribution is 0.254. The van der Waals surface area contributed by atoms with Crippen molar-refractivity contribution in [3.05, 3.63) is 11.9 Å². The molecule has 5 nitrogen and oxygen atoms in total. The third-order valence-electron chi connectivity index (χ3n) is 4.55. The molecule has 0 aliphatic carbocycles. The lowest BCUT2D eigenvalue weighted by Crippen LogP contribution is -2.37. The second kappa shape index (κ2) is 4.96. The predicted octanol–water partition coefficient (Wildman–Crippen LogP) is 1.50. The Balaban J connectivity index is 1.84. The van der Waals surface area contributed by atoms with Crippen molar-refractivity contribution >= 4 is 11.6 Å². The molecule has 2 atom stereocenters. The number of nitrogens with zero attached hydrogens (tertiary/aromatic N) is 4. The zero-order valence-corrected chi connectivity index (χ0v) is 12.1. The Morgan fingerprint density at radius 3 is 2.79 bits per heavy atom. The van der Waals surface area contributed by atoms with Crippen LogP contribution in [0.2, 0.25) is 0 Å². The molecule has 0 saturated carbocycles. The summed E-state index contributed by atoms with van der Waals surface area (Å²) in [6, 6.07) is 3.51. The van der Waals surface area contributed by atoms with Crippen molar-refractivity contribution in [2.75, 3.05) is 37.4 Å². The molecule has 2 bridgehead atoms. The molecule has 19 heavy (non-hydrogen) atoms. The Bertz CT molecular complexity index is 461. The summed E-state index contributed by atoms with van der Waals surface area (Å²) in [4.78, 5) is 14.0. The second-order valence-electron chi connectivity index (χ2n) is 5.69. The summed E-state index contributed by atoms with van der Waals surface area (Å²) in [5.74, 6) is 2.81. The van der Waals surface area contributed by atoms with Crippen LogP contribution in [-0.4, -0.2) is 54.1 Å². The highest BCUT2D eigenvalue weighted by atomic mass is 15.3. The van der Waals surface area contributed by atoms with Crippen molar-refractivity contribution in [3.63, 3.8) is 0 Å². The van der Waals surface area contributed by atoms with Crippen LogP contribution >= 0.6 is 0 Å². The average Bonchev–Trinajstić information content (AvgIpc) is 2.62. The van der Waals surface area contributed by atoms with E-state index in [1.54, 1.807) is 0 Å². The van der Waals surface area contributed by atoms with Crippen LogP contribution in [0.4, 0.5) is 11.6 Å². The van der Waals surface area contributed by atoms with E-state index >= 15 is 0 Å². The monoisotopic (exact) mass is 261 g/mol. The van der Waals surface area contributed by atoms with E-state index in [2.05, 4.69) is 38.2 Å². The van der Waals surface area contributed by atoms with Crippen LogP contribution in [0.1, 0.15) is 25.1 Å². The Hall–Kier alpha value is -1.36. The van der Waals surface area contributed by atoms with Gasteiger partial charge >= 0.3 is 0 Å². The number of likely N-dealkylation sites (N-methyl/N-ethyl adjacent to an activating group) is 1. The first-order valence-corrected chi connectivity index (χ1v) is 7.17. The molecule has 1 aromatic rings. The molecule has 2 fully saturated rings. The van der Waals surface area contributed by atoms with Gasteiger partial charge in [0.1, 0.15) is 17.5 Å². The van der Waals surface area contributed by atoms with Crippen molar-refractivity contribution in [1.29, 1.82) is 0 Å². The molecule has 0 amide bonds. The molecule has 3 heterocycles. The fourth-order valence-electron chi connectivity index (χ4n) is 3.36. The van der Waals surface area contributed by atoms with Gasteiger partial charge in [-0.25, -0.2) is 9.97 Å². The van der Waals surface area contributed by atoms with E-state index in [4.69, 9.17) is 0 Å². The molecule has 1 N–H and O–H groups in total. The van der Waals surface area contributed by atoms with E-state index < -0.39 is 0 Å².